The van der Waals surface area contributed by atoms with Crippen molar-refractivity contribution in [2.75, 3.05) is 19.6 Å². The molecule has 4 fully saturated rings. The van der Waals surface area contributed by atoms with Gasteiger partial charge in [0.05, 0.1) is 11.0 Å². The maximum atomic E-state index is 13.2. The van der Waals surface area contributed by atoms with E-state index in [9.17, 15) is 9.59 Å². The number of imidazole rings is 1. The molecule has 7 rings (SSSR count). The van der Waals surface area contributed by atoms with Crippen LogP contribution in [0.2, 0.25) is 0 Å². The van der Waals surface area contributed by atoms with Crippen LogP contribution in [0.1, 0.15) is 75.7 Å². The van der Waals surface area contributed by atoms with Crippen molar-refractivity contribution in [3.63, 3.8) is 0 Å². The number of hydrogen-bond donors (Lipinski definition) is 0. The van der Waals surface area contributed by atoms with Crippen LogP contribution in [0, 0.1) is 12.8 Å². The average Bonchev–Trinajstić information content (AvgIpc) is 3.59. The molecule has 4 aliphatic rings. The Morgan fingerprint density at radius 3 is 2.32 bits per heavy atom. The van der Waals surface area contributed by atoms with E-state index in [1.54, 1.807) is 0 Å². The average molecular weight is 555 g/mol. The van der Waals surface area contributed by atoms with Gasteiger partial charge in [0, 0.05) is 37.6 Å². The Morgan fingerprint density at radius 1 is 0.951 bits per heavy atom. The van der Waals surface area contributed by atoms with Crippen LogP contribution in [0.3, 0.4) is 0 Å². The van der Waals surface area contributed by atoms with E-state index in [0.29, 0.717) is 37.6 Å². The minimum absolute atomic E-state index is 0.0385. The van der Waals surface area contributed by atoms with E-state index in [2.05, 4.69) is 71.0 Å². The second-order valence-electron chi connectivity index (χ2n) is 13.0. The quantitative estimate of drug-likeness (QED) is 0.301. The van der Waals surface area contributed by atoms with Crippen molar-refractivity contribution in [2.45, 2.75) is 94.9 Å². The van der Waals surface area contributed by atoms with E-state index in [-0.39, 0.29) is 23.4 Å². The Morgan fingerprint density at radius 2 is 1.63 bits per heavy atom. The van der Waals surface area contributed by atoms with Gasteiger partial charge < -0.3 is 14.2 Å². The standard InChI is InChI=1S/C34H42N4O3/c1-23-20-29(33(40)41-23)32(39)36-17-14-34(15-18-36,25-8-4-3-5-9-25)16-19-37-26-12-13-27(37)22-28(21-26)38-24(2)35-30-10-6-7-11-31(30)38/h3-11,23,26-29H,12-22H2,1-2H3. The zero-order valence-electron chi connectivity index (χ0n) is 24.4. The lowest BCUT2D eigenvalue weighted by molar-refractivity contribution is -0.150. The topological polar surface area (TPSA) is 67.7 Å². The summed E-state index contributed by atoms with van der Waals surface area (Å²) in [4.78, 5) is 35.1. The first kappa shape index (κ1) is 26.7. The number of cyclic esters (lactones) is 1. The van der Waals surface area contributed by atoms with E-state index >= 15 is 0 Å². The number of piperidine rings is 2. The van der Waals surface area contributed by atoms with Crippen molar-refractivity contribution in [1.82, 2.24) is 19.4 Å². The Balaban J connectivity index is 1.05. The zero-order chi connectivity index (χ0) is 28.1. The maximum absolute atomic E-state index is 13.2. The van der Waals surface area contributed by atoms with Gasteiger partial charge in [-0.1, -0.05) is 42.5 Å². The first-order valence-corrected chi connectivity index (χ1v) is 15.7. The van der Waals surface area contributed by atoms with Gasteiger partial charge in [-0.05, 0) is 88.4 Å². The van der Waals surface area contributed by atoms with Crippen molar-refractivity contribution < 1.29 is 14.3 Å². The van der Waals surface area contributed by atoms with Crippen LogP contribution in [-0.2, 0) is 19.7 Å². The molecule has 4 saturated heterocycles. The summed E-state index contributed by atoms with van der Waals surface area (Å²) < 4.78 is 7.80. The third-order valence-corrected chi connectivity index (χ3v) is 10.7. The highest BCUT2D eigenvalue weighted by atomic mass is 16.5. The molecule has 0 saturated carbocycles. The molecule has 1 amide bonds. The maximum Gasteiger partial charge on any atom is 0.318 e. The second-order valence-corrected chi connectivity index (χ2v) is 13.0. The monoisotopic (exact) mass is 554 g/mol. The number of fused-ring (bicyclic) bond motifs is 3. The van der Waals surface area contributed by atoms with Gasteiger partial charge in [-0.2, -0.15) is 0 Å². The number of nitrogens with zero attached hydrogens (tertiary/aromatic N) is 4. The molecule has 5 heterocycles. The minimum Gasteiger partial charge on any atom is -0.462 e. The number of carbonyl (C=O) groups is 2. The van der Waals surface area contributed by atoms with Crippen LogP contribution in [0.5, 0.6) is 0 Å². The van der Waals surface area contributed by atoms with Gasteiger partial charge in [-0.3, -0.25) is 14.5 Å². The Bertz CT molecular complexity index is 1410. The molecule has 41 heavy (non-hydrogen) atoms. The number of aryl methyl sites for hydroxylation is 1. The molecule has 1 aromatic heterocycles. The number of aromatic nitrogens is 2. The third-order valence-electron chi connectivity index (χ3n) is 10.7. The molecule has 0 N–H and O–H groups in total. The Kier molecular flexibility index (Phi) is 6.88. The van der Waals surface area contributed by atoms with Crippen LogP contribution < -0.4 is 0 Å². The predicted molar refractivity (Wildman–Crippen MR) is 158 cm³/mol. The first-order chi connectivity index (χ1) is 19.9. The van der Waals surface area contributed by atoms with Gasteiger partial charge in [-0.15, -0.1) is 0 Å². The molecule has 2 bridgehead atoms. The summed E-state index contributed by atoms with van der Waals surface area (Å²) in [7, 11) is 0. The number of carbonyl (C=O) groups excluding carboxylic acids is 2. The van der Waals surface area contributed by atoms with Gasteiger partial charge in [0.2, 0.25) is 5.91 Å². The summed E-state index contributed by atoms with van der Waals surface area (Å²) in [5, 5.41) is 0. The number of amides is 1. The fraction of sp³-hybridized carbons (Fsp3) is 0.559. The van der Waals surface area contributed by atoms with E-state index in [4.69, 9.17) is 9.72 Å². The van der Waals surface area contributed by atoms with E-state index < -0.39 is 5.92 Å². The van der Waals surface area contributed by atoms with E-state index in [1.165, 1.54) is 36.8 Å². The van der Waals surface area contributed by atoms with E-state index in [1.807, 2.05) is 11.8 Å². The Hall–Kier alpha value is -3.19. The number of benzene rings is 2. The van der Waals surface area contributed by atoms with Gasteiger partial charge in [0.25, 0.3) is 0 Å². The lowest BCUT2D eigenvalue weighted by atomic mass is 9.70. The summed E-state index contributed by atoms with van der Waals surface area (Å²) in [6, 6.07) is 21.3. The number of likely N-dealkylation sites (tertiary alicyclic amines) is 1. The number of esters is 1. The molecule has 0 aliphatic carbocycles. The molecule has 216 valence electrons. The number of rotatable bonds is 6. The molecular formula is C34H42N4O3. The molecule has 4 aliphatic heterocycles. The fourth-order valence-electron chi connectivity index (χ4n) is 8.60. The molecule has 3 aromatic rings. The largest absolute Gasteiger partial charge is 0.462 e. The zero-order valence-corrected chi connectivity index (χ0v) is 24.4. The Labute approximate surface area is 242 Å². The van der Waals surface area contributed by atoms with Crippen LogP contribution in [0.4, 0.5) is 0 Å². The molecule has 7 heteroatoms. The van der Waals surface area contributed by atoms with Crippen LogP contribution >= 0.6 is 0 Å². The second kappa shape index (κ2) is 10.6. The number of ether oxygens (including phenoxy) is 1. The van der Waals surface area contributed by atoms with Crippen molar-refractivity contribution in [2.24, 2.45) is 5.92 Å². The molecule has 4 unspecified atom stereocenters. The SMILES string of the molecule is Cc1nc2ccccc2n1C1CC2CCC(C1)N2CCC1(c2ccccc2)CCN(C(=O)C2CC(C)OC2=O)CC1. The van der Waals surface area contributed by atoms with Crippen molar-refractivity contribution in [3.8, 4) is 0 Å². The van der Waals surface area contributed by atoms with Crippen LogP contribution in [-0.4, -0.2) is 69.0 Å². The smallest absolute Gasteiger partial charge is 0.318 e. The van der Waals surface area contributed by atoms with Gasteiger partial charge in [-0.25, -0.2) is 4.98 Å². The number of hydrogen-bond acceptors (Lipinski definition) is 5. The highest BCUT2D eigenvalue weighted by molar-refractivity contribution is 5.99. The lowest BCUT2D eigenvalue weighted by Gasteiger charge is -2.46. The normalized spacial score (nSPS) is 29.7. The summed E-state index contributed by atoms with van der Waals surface area (Å²) >= 11 is 0. The van der Waals surface area contributed by atoms with Gasteiger partial charge in [0.1, 0.15) is 17.8 Å². The lowest BCUT2D eigenvalue weighted by Crippen LogP contribution is -2.50. The predicted octanol–water partition coefficient (Wildman–Crippen LogP) is 5.41. The molecule has 0 spiro atoms. The van der Waals surface area contributed by atoms with Crippen LogP contribution in [0.15, 0.2) is 54.6 Å². The minimum atomic E-state index is -0.623. The highest BCUT2D eigenvalue weighted by Crippen LogP contribution is 2.45. The number of para-hydroxylation sites is 2. The van der Waals surface area contributed by atoms with Crippen LogP contribution in [0.25, 0.3) is 11.0 Å². The van der Waals surface area contributed by atoms with Crippen molar-refractivity contribution in [3.05, 3.63) is 66.0 Å². The third kappa shape index (κ3) is 4.76. The molecule has 2 aromatic carbocycles. The van der Waals surface area contributed by atoms with Gasteiger partial charge in [0.15, 0.2) is 0 Å². The summed E-state index contributed by atoms with van der Waals surface area (Å²) in [6.07, 6.45) is 8.26. The molecule has 0 radical (unpaired) electrons. The van der Waals surface area contributed by atoms with Gasteiger partial charge >= 0.3 is 5.97 Å². The fourth-order valence-corrected chi connectivity index (χ4v) is 8.60. The molecule has 7 nitrogen and oxygen atoms in total. The first-order valence-electron chi connectivity index (χ1n) is 15.7. The summed E-state index contributed by atoms with van der Waals surface area (Å²) in [6.45, 7) is 6.53. The van der Waals surface area contributed by atoms with Crippen molar-refractivity contribution >= 4 is 22.9 Å². The van der Waals surface area contributed by atoms with E-state index in [0.717, 1.165) is 37.1 Å². The molecular weight excluding hydrogens is 512 g/mol. The molecule has 4 atom stereocenters. The summed E-state index contributed by atoms with van der Waals surface area (Å²) in [5.74, 6) is 0.125. The highest BCUT2D eigenvalue weighted by Gasteiger charge is 2.46. The summed E-state index contributed by atoms with van der Waals surface area (Å²) in [5.41, 5.74) is 3.82. The van der Waals surface area contributed by atoms with Crippen molar-refractivity contribution in [1.29, 1.82) is 0 Å².